The van der Waals surface area contributed by atoms with Crippen LogP contribution in [0.1, 0.15) is 18.4 Å². The van der Waals surface area contributed by atoms with Crippen molar-refractivity contribution >= 4 is 5.69 Å². The van der Waals surface area contributed by atoms with Gasteiger partial charge in [-0.2, -0.15) is 0 Å². The van der Waals surface area contributed by atoms with Crippen molar-refractivity contribution in [2.24, 2.45) is 5.92 Å². The minimum absolute atomic E-state index is 0.0907. The third kappa shape index (κ3) is 2.29. The van der Waals surface area contributed by atoms with E-state index in [4.69, 9.17) is 0 Å². The molecular formula is C14H19FN2. The molecule has 1 aliphatic heterocycles. The van der Waals surface area contributed by atoms with Gasteiger partial charge in [-0.05, 0) is 43.4 Å². The van der Waals surface area contributed by atoms with Gasteiger partial charge < -0.3 is 10.2 Å². The highest BCUT2D eigenvalue weighted by Crippen LogP contribution is 2.34. The Morgan fingerprint density at radius 1 is 1.35 bits per heavy atom. The molecule has 2 aliphatic rings. The van der Waals surface area contributed by atoms with E-state index in [9.17, 15) is 4.39 Å². The lowest BCUT2D eigenvalue weighted by molar-refractivity contribution is 0.416. The molecule has 92 valence electrons. The number of hydrogen-bond donors (Lipinski definition) is 1. The van der Waals surface area contributed by atoms with E-state index in [-0.39, 0.29) is 5.82 Å². The molecule has 1 saturated carbocycles. The van der Waals surface area contributed by atoms with Gasteiger partial charge >= 0.3 is 0 Å². The van der Waals surface area contributed by atoms with Crippen LogP contribution in [0.25, 0.3) is 0 Å². The standard InChI is InChI=1S/C14H19FN2/c1-10-2-5-12(15)14(8-10)17-7-6-16-13(9-17)11-3-4-11/h2,5,8,11,13,16H,3-4,6-7,9H2,1H3. The Labute approximate surface area is 102 Å². The number of rotatable bonds is 2. The maximum absolute atomic E-state index is 13.8. The lowest BCUT2D eigenvalue weighted by atomic mass is 10.1. The van der Waals surface area contributed by atoms with Gasteiger partial charge in [-0.25, -0.2) is 4.39 Å². The van der Waals surface area contributed by atoms with Gasteiger partial charge in [0, 0.05) is 25.7 Å². The number of piperazine rings is 1. The zero-order valence-corrected chi connectivity index (χ0v) is 10.2. The average molecular weight is 234 g/mol. The smallest absolute Gasteiger partial charge is 0.146 e. The Morgan fingerprint density at radius 3 is 2.94 bits per heavy atom. The van der Waals surface area contributed by atoms with Gasteiger partial charge in [0.05, 0.1) is 5.69 Å². The maximum Gasteiger partial charge on any atom is 0.146 e. The summed E-state index contributed by atoms with van der Waals surface area (Å²) in [4.78, 5) is 2.20. The van der Waals surface area contributed by atoms with Crippen molar-refractivity contribution in [1.82, 2.24) is 5.32 Å². The van der Waals surface area contributed by atoms with Crippen LogP contribution < -0.4 is 10.2 Å². The number of anilines is 1. The lowest BCUT2D eigenvalue weighted by Gasteiger charge is -2.35. The van der Waals surface area contributed by atoms with Gasteiger partial charge in [0.1, 0.15) is 5.82 Å². The molecule has 1 aromatic rings. The number of aryl methyl sites for hydroxylation is 1. The minimum Gasteiger partial charge on any atom is -0.366 e. The quantitative estimate of drug-likeness (QED) is 0.845. The molecule has 0 spiro atoms. The van der Waals surface area contributed by atoms with Gasteiger partial charge in [0.2, 0.25) is 0 Å². The first-order chi connectivity index (χ1) is 8.24. The topological polar surface area (TPSA) is 15.3 Å². The first-order valence-corrected chi connectivity index (χ1v) is 6.48. The number of halogens is 1. The summed E-state index contributed by atoms with van der Waals surface area (Å²) in [7, 11) is 0. The molecule has 2 fully saturated rings. The van der Waals surface area contributed by atoms with Gasteiger partial charge in [-0.1, -0.05) is 6.07 Å². The molecular weight excluding hydrogens is 215 g/mol. The number of nitrogens with zero attached hydrogens (tertiary/aromatic N) is 1. The van der Waals surface area contributed by atoms with Crippen molar-refractivity contribution in [1.29, 1.82) is 0 Å². The van der Waals surface area contributed by atoms with E-state index in [1.54, 1.807) is 6.07 Å². The van der Waals surface area contributed by atoms with E-state index in [0.29, 0.717) is 6.04 Å². The van der Waals surface area contributed by atoms with Crippen LogP contribution in [0.3, 0.4) is 0 Å². The molecule has 1 unspecified atom stereocenters. The van der Waals surface area contributed by atoms with Crippen LogP contribution in [-0.2, 0) is 0 Å². The Kier molecular flexibility index (Phi) is 2.79. The van der Waals surface area contributed by atoms with E-state index in [2.05, 4.69) is 10.2 Å². The molecule has 0 amide bonds. The Morgan fingerprint density at radius 2 is 2.18 bits per heavy atom. The normalized spacial score (nSPS) is 25.1. The minimum atomic E-state index is -0.0907. The fourth-order valence-electron chi connectivity index (χ4n) is 2.68. The van der Waals surface area contributed by atoms with Crippen molar-refractivity contribution in [3.05, 3.63) is 29.6 Å². The molecule has 17 heavy (non-hydrogen) atoms. The van der Waals surface area contributed by atoms with Crippen LogP contribution in [0.4, 0.5) is 10.1 Å². The first kappa shape index (κ1) is 11.0. The van der Waals surface area contributed by atoms with Crippen LogP contribution in [-0.4, -0.2) is 25.7 Å². The highest BCUT2D eigenvalue weighted by Gasteiger charge is 2.34. The summed E-state index contributed by atoms with van der Waals surface area (Å²) in [5.74, 6) is 0.734. The monoisotopic (exact) mass is 234 g/mol. The van der Waals surface area contributed by atoms with Gasteiger partial charge in [-0.15, -0.1) is 0 Å². The van der Waals surface area contributed by atoms with Crippen LogP contribution in [0.5, 0.6) is 0 Å². The molecule has 0 aromatic heterocycles. The van der Waals surface area contributed by atoms with Crippen molar-refractivity contribution < 1.29 is 4.39 Å². The second-order valence-electron chi connectivity index (χ2n) is 5.30. The molecule has 3 rings (SSSR count). The zero-order valence-electron chi connectivity index (χ0n) is 10.2. The van der Waals surface area contributed by atoms with Gasteiger partial charge in [-0.3, -0.25) is 0 Å². The van der Waals surface area contributed by atoms with Crippen molar-refractivity contribution in [2.45, 2.75) is 25.8 Å². The predicted octanol–water partition coefficient (Wildman–Crippen LogP) is 2.32. The fourth-order valence-corrected chi connectivity index (χ4v) is 2.68. The summed E-state index contributed by atoms with van der Waals surface area (Å²) in [5.41, 5.74) is 1.90. The van der Waals surface area contributed by atoms with Crippen molar-refractivity contribution in [2.75, 3.05) is 24.5 Å². The first-order valence-electron chi connectivity index (χ1n) is 6.48. The Balaban J connectivity index is 1.79. The SMILES string of the molecule is Cc1ccc(F)c(N2CCNC(C3CC3)C2)c1. The van der Waals surface area contributed by atoms with E-state index in [1.165, 1.54) is 12.8 Å². The van der Waals surface area contributed by atoms with E-state index < -0.39 is 0 Å². The molecule has 1 saturated heterocycles. The molecule has 1 atom stereocenters. The molecule has 0 bridgehead atoms. The third-order valence-corrected chi connectivity index (χ3v) is 3.84. The molecule has 2 nitrogen and oxygen atoms in total. The second-order valence-corrected chi connectivity index (χ2v) is 5.30. The Hall–Kier alpha value is -1.09. The lowest BCUT2D eigenvalue weighted by Crippen LogP contribution is -2.52. The van der Waals surface area contributed by atoms with Crippen LogP contribution in [0.2, 0.25) is 0 Å². The van der Waals surface area contributed by atoms with Crippen molar-refractivity contribution in [3.63, 3.8) is 0 Å². The summed E-state index contributed by atoms with van der Waals surface area (Å²) in [6.45, 7) is 4.84. The predicted molar refractivity (Wildman–Crippen MR) is 67.9 cm³/mol. The molecule has 1 aromatic carbocycles. The number of nitrogens with one attached hydrogen (secondary N) is 1. The van der Waals surface area contributed by atoms with E-state index in [1.807, 2.05) is 19.1 Å². The molecule has 1 N–H and O–H groups in total. The summed E-state index contributed by atoms with van der Waals surface area (Å²) < 4.78 is 13.8. The van der Waals surface area contributed by atoms with Crippen molar-refractivity contribution in [3.8, 4) is 0 Å². The highest BCUT2D eigenvalue weighted by molar-refractivity contribution is 5.50. The summed E-state index contributed by atoms with van der Waals surface area (Å²) >= 11 is 0. The maximum atomic E-state index is 13.8. The fraction of sp³-hybridized carbons (Fsp3) is 0.571. The summed E-state index contributed by atoms with van der Waals surface area (Å²) in [6.07, 6.45) is 2.67. The van der Waals surface area contributed by atoms with Crippen LogP contribution in [0, 0.1) is 18.7 Å². The van der Waals surface area contributed by atoms with Gasteiger partial charge in [0.25, 0.3) is 0 Å². The van der Waals surface area contributed by atoms with E-state index >= 15 is 0 Å². The van der Waals surface area contributed by atoms with Crippen LogP contribution >= 0.6 is 0 Å². The molecule has 1 heterocycles. The number of hydrogen-bond acceptors (Lipinski definition) is 2. The molecule has 0 radical (unpaired) electrons. The summed E-state index contributed by atoms with van der Waals surface area (Å²) in [6, 6.07) is 5.94. The Bertz CT molecular complexity index is 415. The largest absolute Gasteiger partial charge is 0.366 e. The highest BCUT2D eigenvalue weighted by atomic mass is 19.1. The summed E-state index contributed by atoms with van der Waals surface area (Å²) in [5, 5.41) is 3.55. The van der Waals surface area contributed by atoms with E-state index in [0.717, 1.165) is 36.8 Å². The molecule has 1 aliphatic carbocycles. The molecule has 3 heteroatoms. The third-order valence-electron chi connectivity index (χ3n) is 3.84. The van der Waals surface area contributed by atoms with Crippen LogP contribution in [0.15, 0.2) is 18.2 Å². The second kappa shape index (κ2) is 4.30. The number of benzene rings is 1. The zero-order chi connectivity index (χ0) is 11.8. The average Bonchev–Trinajstić information content (AvgIpc) is 3.17. The van der Waals surface area contributed by atoms with Gasteiger partial charge in [0.15, 0.2) is 0 Å².